The Kier molecular flexibility index (Phi) is 3.71. The van der Waals surface area contributed by atoms with Gasteiger partial charge in [0, 0.05) is 42.0 Å². The average Bonchev–Trinajstić information content (AvgIpc) is 3.00. The second kappa shape index (κ2) is 5.57. The van der Waals surface area contributed by atoms with Crippen LogP contribution in [0.4, 0.5) is 0 Å². The van der Waals surface area contributed by atoms with Gasteiger partial charge in [-0.2, -0.15) is 0 Å². The number of aromatic amines is 3. The second-order valence-corrected chi connectivity index (χ2v) is 6.01. The lowest BCUT2D eigenvalue weighted by Gasteiger charge is -2.38. The van der Waals surface area contributed by atoms with E-state index in [9.17, 15) is 14.4 Å². The van der Waals surface area contributed by atoms with Crippen LogP contribution in [0.5, 0.6) is 0 Å². The third-order valence-corrected chi connectivity index (χ3v) is 4.44. The molecular weight excluding hydrogens is 296 g/mol. The molecule has 23 heavy (non-hydrogen) atoms. The van der Waals surface area contributed by atoms with Crippen molar-refractivity contribution < 1.29 is 9.59 Å². The van der Waals surface area contributed by atoms with E-state index in [1.165, 1.54) is 13.0 Å². The van der Waals surface area contributed by atoms with Crippen LogP contribution in [-0.2, 0) is 6.42 Å². The number of amides is 1. The molecule has 7 nitrogen and oxygen atoms in total. The van der Waals surface area contributed by atoms with E-state index in [0.29, 0.717) is 30.8 Å². The Balaban J connectivity index is 1.79. The van der Waals surface area contributed by atoms with Crippen molar-refractivity contribution in [3.63, 3.8) is 0 Å². The summed E-state index contributed by atoms with van der Waals surface area (Å²) in [5.41, 5.74) is 3.33. The average molecular weight is 316 g/mol. The van der Waals surface area contributed by atoms with Gasteiger partial charge in [0.1, 0.15) is 5.69 Å². The van der Waals surface area contributed by atoms with Crippen LogP contribution in [-0.4, -0.2) is 44.9 Å². The molecule has 1 aliphatic rings. The van der Waals surface area contributed by atoms with Gasteiger partial charge < -0.3 is 15.0 Å². The van der Waals surface area contributed by atoms with Gasteiger partial charge in [0.2, 0.25) is 0 Å². The number of carbonyl (C=O) groups is 2. The predicted molar refractivity (Wildman–Crippen MR) is 85.0 cm³/mol. The number of H-pyrrole nitrogens is 3. The van der Waals surface area contributed by atoms with Crippen LogP contribution in [0.15, 0.2) is 10.9 Å². The van der Waals surface area contributed by atoms with Gasteiger partial charge in [0.25, 0.3) is 11.5 Å². The quantitative estimate of drug-likeness (QED) is 0.742. The molecule has 2 aromatic heterocycles. The first-order chi connectivity index (χ1) is 10.9. The van der Waals surface area contributed by atoms with Crippen LogP contribution in [0, 0.1) is 6.92 Å². The number of nitrogens with one attached hydrogen (secondary N) is 3. The first-order valence-corrected chi connectivity index (χ1v) is 7.71. The highest BCUT2D eigenvalue weighted by molar-refractivity contribution is 6.02. The molecule has 0 unspecified atom stereocenters. The fraction of sp³-hybridized carbons (Fsp3) is 0.438. The molecule has 0 spiro atoms. The first-order valence-electron chi connectivity index (χ1n) is 7.71. The highest BCUT2D eigenvalue weighted by Gasteiger charge is 2.35. The van der Waals surface area contributed by atoms with Crippen LogP contribution in [0.25, 0.3) is 0 Å². The molecule has 122 valence electrons. The van der Waals surface area contributed by atoms with E-state index in [4.69, 9.17) is 0 Å². The van der Waals surface area contributed by atoms with Crippen molar-refractivity contribution in [1.29, 1.82) is 0 Å². The molecule has 1 saturated heterocycles. The Morgan fingerprint density at radius 3 is 2.52 bits per heavy atom. The Bertz CT molecular complexity index is 821. The topological polar surface area (TPSA) is 102 Å². The molecule has 0 bridgehead atoms. The molecule has 7 heteroatoms. The Morgan fingerprint density at radius 2 is 2.00 bits per heavy atom. The maximum Gasteiger partial charge on any atom is 0.270 e. The van der Waals surface area contributed by atoms with E-state index in [-0.39, 0.29) is 23.2 Å². The molecule has 0 atom stereocenters. The highest BCUT2D eigenvalue weighted by atomic mass is 16.2. The molecule has 0 radical (unpaired) electrons. The van der Waals surface area contributed by atoms with Gasteiger partial charge in [0.15, 0.2) is 5.78 Å². The molecule has 0 aromatic carbocycles. The number of aromatic nitrogens is 3. The summed E-state index contributed by atoms with van der Waals surface area (Å²) in [5, 5.41) is 5.34. The standard InChI is InChI=1S/C16H20N4O3/c1-4-11-14(9(3)21)8(2)17-15(11)16(23)20-6-10(7-20)12-5-13(22)19-18-12/h5,10,17H,4,6-7H2,1-3H3,(H2,18,19,22). The van der Waals surface area contributed by atoms with Gasteiger partial charge in [-0.25, -0.2) is 0 Å². The summed E-state index contributed by atoms with van der Waals surface area (Å²) in [5.74, 6) is 0.0268. The lowest BCUT2D eigenvalue weighted by atomic mass is 9.95. The third kappa shape index (κ3) is 2.52. The van der Waals surface area contributed by atoms with Crippen molar-refractivity contribution in [2.45, 2.75) is 33.1 Å². The minimum atomic E-state index is -0.163. The van der Waals surface area contributed by atoms with Crippen LogP contribution in [0.3, 0.4) is 0 Å². The summed E-state index contributed by atoms with van der Waals surface area (Å²) in [6.07, 6.45) is 0.628. The lowest BCUT2D eigenvalue weighted by molar-refractivity contribution is 0.0592. The zero-order valence-corrected chi connectivity index (χ0v) is 13.4. The molecule has 3 heterocycles. The smallest absolute Gasteiger partial charge is 0.270 e. The van der Waals surface area contributed by atoms with Crippen molar-refractivity contribution >= 4 is 11.7 Å². The molecule has 1 amide bonds. The van der Waals surface area contributed by atoms with Gasteiger partial charge in [-0.3, -0.25) is 19.5 Å². The molecule has 3 N–H and O–H groups in total. The minimum absolute atomic E-state index is 0.0268. The maximum absolute atomic E-state index is 12.7. The molecule has 1 fully saturated rings. The zero-order valence-electron chi connectivity index (χ0n) is 13.4. The SMILES string of the molecule is CCc1c(C(=O)N2CC(c3cc(=O)[nH][nH]3)C2)[nH]c(C)c1C(C)=O. The number of hydrogen-bond donors (Lipinski definition) is 3. The van der Waals surface area contributed by atoms with E-state index in [1.54, 1.807) is 4.90 Å². The highest BCUT2D eigenvalue weighted by Crippen LogP contribution is 2.28. The summed E-state index contributed by atoms with van der Waals surface area (Å²) < 4.78 is 0. The number of aryl methyl sites for hydroxylation is 1. The van der Waals surface area contributed by atoms with Gasteiger partial charge in [-0.15, -0.1) is 0 Å². The van der Waals surface area contributed by atoms with E-state index < -0.39 is 0 Å². The number of rotatable bonds is 4. The Labute approximate surface area is 133 Å². The van der Waals surface area contributed by atoms with Crippen LogP contribution in [0.1, 0.15) is 57.6 Å². The van der Waals surface area contributed by atoms with Crippen LogP contribution in [0.2, 0.25) is 0 Å². The van der Waals surface area contributed by atoms with Crippen LogP contribution >= 0.6 is 0 Å². The second-order valence-electron chi connectivity index (χ2n) is 6.01. The van der Waals surface area contributed by atoms with E-state index in [2.05, 4.69) is 15.2 Å². The van der Waals surface area contributed by atoms with Crippen molar-refractivity contribution in [1.82, 2.24) is 20.1 Å². The summed E-state index contributed by atoms with van der Waals surface area (Å²) in [6, 6.07) is 1.52. The summed E-state index contributed by atoms with van der Waals surface area (Å²) in [7, 11) is 0. The lowest BCUT2D eigenvalue weighted by Crippen LogP contribution is -2.49. The maximum atomic E-state index is 12.7. The van der Waals surface area contributed by atoms with Crippen molar-refractivity contribution in [2.24, 2.45) is 0 Å². The molecule has 0 aliphatic carbocycles. The largest absolute Gasteiger partial charge is 0.354 e. The molecule has 2 aromatic rings. The number of likely N-dealkylation sites (tertiary alicyclic amines) is 1. The van der Waals surface area contributed by atoms with E-state index in [0.717, 1.165) is 17.0 Å². The Morgan fingerprint density at radius 1 is 1.30 bits per heavy atom. The van der Waals surface area contributed by atoms with Crippen molar-refractivity contribution in [3.8, 4) is 0 Å². The van der Waals surface area contributed by atoms with E-state index in [1.807, 2.05) is 13.8 Å². The first kappa shape index (κ1) is 15.3. The third-order valence-electron chi connectivity index (χ3n) is 4.44. The monoisotopic (exact) mass is 316 g/mol. The normalized spacial score (nSPS) is 14.8. The minimum Gasteiger partial charge on any atom is -0.354 e. The fourth-order valence-electron chi connectivity index (χ4n) is 3.26. The summed E-state index contributed by atoms with van der Waals surface area (Å²) >= 11 is 0. The fourth-order valence-corrected chi connectivity index (χ4v) is 3.26. The molecule has 1 aliphatic heterocycles. The summed E-state index contributed by atoms with van der Waals surface area (Å²) in [6.45, 7) is 6.39. The zero-order chi connectivity index (χ0) is 16.7. The van der Waals surface area contributed by atoms with Gasteiger partial charge in [-0.1, -0.05) is 6.92 Å². The number of ketones is 1. The predicted octanol–water partition coefficient (Wildman–Crippen LogP) is 1.34. The molecule has 0 saturated carbocycles. The van der Waals surface area contributed by atoms with Crippen LogP contribution < -0.4 is 5.56 Å². The summed E-state index contributed by atoms with van der Waals surface area (Å²) in [4.78, 5) is 40.4. The Hall–Kier alpha value is -2.57. The number of Topliss-reactive ketones (excluding diaryl/α,β-unsaturated/α-hetero) is 1. The van der Waals surface area contributed by atoms with Gasteiger partial charge in [-0.05, 0) is 25.8 Å². The molecular formula is C16H20N4O3. The van der Waals surface area contributed by atoms with Gasteiger partial charge in [0.05, 0.1) is 0 Å². The number of carbonyl (C=O) groups excluding carboxylic acids is 2. The number of hydrogen-bond acceptors (Lipinski definition) is 3. The van der Waals surface area contributed by atoms with E-state index >= 15 is 0 Å². The number of nitrogens with zero attached hydrogens (tertiary/aromatic N) is 1. The van der Waals surface area contributed by atoms with Crippen molar-refractivity contribution in [2.75, 3.05) is 13.1 Å². The van der Waals surface area contributed by atoms with Crippen molar-refractivity contribution in [3.05, 3.63) is 44.6 Å². The molecule has 3 rings (SSSR count). The van der Waals surface area contributed by atoms with Gasteiger partial charge >= 0.3 is 0 Å².